The Morgan fingerprint density at radius 2 is 1.97 bits per heavy atom. The van der Waals surface area contributed by atoms with Crippen LogP contribution in [0, 0.1) is 6.92 Å². The van der Waals surface area contributed by atoms with E-state index < -0.39 is 0 Å². The van der Waals surface area contributed by atoms with Gasteiger partial charge in [0.2, 0.25) is 17.8 Å². The third-order valence-electron chi connectivity index (χ3n) is 4.65. The van der Waals surface area contributed by atoms with E-state index in [0.29, 0.717) is 23.1 Å². The molecule has 0 radical (unpaired) electrons. The number of benzene rings is 2. The number of fused-ring (bicyclic) bond motifs is 1. The van der Waals surface area contributed by atoms with Crippen molar-refractivity contribution in [3.05, 3.63) is 71.2 Å². The van der Waals surface area contributed by atoms with E-state index in [1.807, 2.05) is 66.9 Å². The second-order valence-corrected chi connectivity index (χ2v) is 7.71. The summed E-state index contributed by atoms with van der Waals surface area (Å²) in [6.07, 6.45) is 0.297. The van der Waals surface area contributed by atoms with Crippen molar-refractivity contribution in [1.82, 2.24) is 14.8 Å². The second-order valence-electron chi connectivity index (χ2n) is 6.88. The van der Waals surface area contributed by atoms with Crippen LogP contribution in [-0.4, -0.2) is 27.5 Å². The number of ether oxygens (including phenoxy) is 2. The molecule has 0 saturated carbocycles. The molecule has 150 valence electrons. The first-order valence-corrected chi connectivity index (χ1v) is 10.3. The molecule has 7 nitrogen and oxygen atoms in total. The van der Waals surface area contributed by atoms with E-state index in [1.54, 1.807) is 4.68 Å². The highest BCUT2D eigenvalue weighted by atomic mass is 32.1. The molecule has 0 saturated heterocycles. The predicted octanol–water partition coefficient (Wildman–Crippen LogP) is 4.21. The molecule has 0 spiro atoms. The van der Waals surface area contributed by atoms with Crippen molar-refractivity contribution in [2.24, 2.45) is 0 Å². The summed E-state index contributed by atoms with van der Waals surface area (Å²) < 4.78 is 12.5. The van der Waals surface area contributed by atoms with E-state index in [2.05, 4.69) is 10.4 Å². The SMILES string of the molecule is Cc1cc(NC(=O)Cc2ccccc2)n(-c2nc(-c3ccc4c(c3)OCO4)cs2)n1. The molecule has 5 rings (SSSR count). The number of nitrogens with one attached hydrogen (secondary N) is 1. The van der Waals surface area contributed by atoms with Gasteiger partial charge in [0, 0.05) is 17.0 Å². The van der Waals surface area contributed by atoms with Gasteiger partial charge in [-0.2, -0.15) is 9.78 Å². The molecule has 1 amide bonds. The lowest BCUT2D eigenvalue weighted by Gasteiger charge is -2.06. The third kappa shape index (κ3) is 3.65. The number of thiazole rings is 1. The van der Waals surface area contributed by atoms with Crippen LogP contribution < -0.4 is 14.8 Å². The first-order chi connectivity index (χ1) is 14.7. The van der Waals surface area contributed by atoms with Gasteiger partial charge in [0.05, 0.1) is 17.8 Å². The molecule has 8 heteroatoms. The van der Waals surface area contributed by atoms with Crippen molar-refractivity contribution in [1.29, 1.82) is 0 Å². The van der Waals surface area contributed by atoms with Crippen LogP contribution in [0.5, 0.6) is 11.5 Å². The fourth-order valence-electron chi connectivity index (χ4n) is 3.25. The first kappa shape index (κ1) is 18.4. The summed E-state index contributed by atoms with van der Waals surface area (Å²) in [5, 5.41) is 10.1. The van der Waals surface area contributed by atoms with Crippen LogP contribution in [0.1, 0.15) is 11.3 Å². The Hall–Kier alpha value is -3.65. The Balaban J connectivity index is 1.38. The Labute approximate surface area is 176 Å². The maximum absolute atomic E-state index is 12.5. The first-order valence-electron chi connectivity index (χ1n) is 9.42. The van der Waals surface area contributed by atoms with E-state index in [0.717, 1.165) is 28.3 Å². The minimum Gasteiger partial charge on any atom is -0.454 e. The Kier molecular flexibility index (Phi) is 4.68. The lowest BCUT2D eigenvalue weighted by molar-refractivity contribution is -0.115. The van der Waals surface area contributed by atoms with Gasteiger partial charge < -0.3 is 14.8 Å². The van der Waals surface area contributed by atoms with Crippen LogP contribution in [0.2, 0.25) is 0 Å². The summed E-state index contributed by atoms with van der Waals surface area (Å²) in [5.74, 6) is 1.95. The standard InChI is InChI=1S/C22H18N4O3S/c1-14-9-20(24-21(27)10-15-5-3-2-4-6-15)26(25-14)22-23-17(12-30-22)16-7-8-18-19(11-16)29-13-28-18/h2-9,11-12H,10,13H2,1H3,(H,24,27). The molecule has 0 unspecified atom stereocenters. The second kappa shape index (κ2) is 7.64. The van der Waals surface area contributed by atoms with Crippen LogP contribution in [0.25, 0.3) is 16.4 Å². The predicted molar refractivity (Wildman–Crippen MR) is 114 cm³/mol. The molecule has 30 heavy (non-hydrogen) atoms. The number of hydrogen-bond acceptors (Lipinski definition) is 6. The summed E-state index contributed by atoms with van der Waals surface area (Å²) >= 11 is 1.46. The molecular formula is C22H18N4O3S. The summed E-state index contributed by atoms with van der Waals surface area (Å²) in [6.45, 7) is 2.12. The summed E-state index contributed by atoms with van der Waals surface area (Å²) in [4.78, 5) is 17.2. The molecule has 0 bridgehead atoms. The average molecular weight is 418 g/mol. The highest BCUT2D eigenvalue weighted by Crippen LogP contribution is 2.36. The van der Waals surface area contributed by atoms with Gasteiger partial charge in [-0.25, -0.2) is 4.98 Å². The zero-order chi connectivity index (χ0) is 20.5. The van der Waals surface area contributed by atoms with E-state index in [1.165, 1.54) is 11.3 Å². The van der Waals surface area contributed by atoms with Crippen molar-refractivity contribution >= 4 is 23.1 Å². The number of nitrogens with zero attached hydrogens (tertiary/aromatic N) is 3. The Morgan fingerprint density at radius 3 is 2.83 bits per heavy atom. The van der Waals surface area contributed by atoms with Gasteiger partial charge in [0.25, 0.3) is 0 Å². The number of aryl methyl sites for hydroxylation is 1. The monoisotopic (exact) mass is 418 g/mol. The quantitative estimate of drug-likeness (QED) is 0.525. The normalized spacial score (nSPS) is 12.2. The molecule has 1 N–H and O–H groups in total. The lowest BCUT2D eigenvalue weighted by Crippen LogP contribution is -2.17. The highest BCUT2D eigenvalue weighted by molar-refractivity contribution is 7.12. The largest absolute Gasteiger partial charge is 0.454 e. The van der Waals surface area contributed by atoms with Crippen molar-refractivity contribution < 1.29 is 14.3 Å². The molecule has 0 aliphatic carbocycles. The number of carbonyl (C=O) groups is 1. The molecule has 1 aliphatic heterocycles. The van der Waals surface area contributed by atoms with Crippen LogP contribution in [-0.2, 0) is 11.2 Å². The maximum Gasteiger partial charge on any atom is 0.231 e. The zero-order valence-electron chi connectivity index (χ0n) is 16.2. The van der Waals surface area contributed by atoms with Gasteiger partial charge >= 0.3 is 0 Å². The number of carbonyl (C=O) groups excluding carboxylic acids is 1. The highest BCUT2D eigenvalue weighted by Gasteiger charge is 2.17. The van der Waals surface area contributed by atoms with E-state index in [-0.39, 0.29) is 12.7 Å². The van der Waals surface area contributed by atoms with E-state index in [9.17, 15) is 4.79 Å². The summed E-state index contributed by atoms with van der Waals surface area (Å²) in [6, 6.07) is 17.2. The molecule has 3 heterocycles. The van der Waals surface area contributed by atoms with E-state index >= 15 is 0 Å². The van der Waals surface area contributed by atoms with Crippen LogP contribution in [0.3, 0.4) is 0 Å². The molecule has 2 aromatic carbocycles. The van der Waals surface area contributed by atoms with Crippen LogP contribution in [0.15, 0.2) is 60.0 Å². The van der Waals surface area contributed by atoms with Crippen molar-refractivity contribution in [2.75, 3.05) is 12.1 Å². The maximum atomic E-state index is 12.5. The minimum atomic E-state index is -0.102. The lowest BCUT2D eigenvalue weighted by atomic mass is 10.1. The van der Waals surface area contributed by atoms with Crippen molar-refractivity contribution in [2.45, 2.75) is 13.3 Å². The fourth-order valence-corrected chi connectivity index (χ4v) is 4.05. The number of rotatable bonds is 5. The third-order valence-corrected chi connectivity index (χ3v) is 5.46. The topological polar surface area (TPSA) is 78.3 Å². The van der Waals surface area contributed by atoms with Gasteiger partial charge in [0.1, 0.15) is 5.82 Å². The molecular weight excluding hydrogens is 400 g/mol. The number of hydrogen-bond donors (Lipinski definition) is 1. The van der Waals surface area contributed by atoms with Gasteiger partial charge in [-0.1, -0.05) is 30.3 Å². The molecule has 1 aliphatic rings. The minimum absolute atomic E-state index is 0.102. The number of amides is 1. The molecule has 0 fully saturated rings. The van der Waals surface area contributed by atoms with E-state index in [4.69, 9.17) is 14.5 Å². The summed E-state index contributed by atoms with van der Waals surface area (Å²) in [5.41, 5.74) is 3.49. The number of anilines is 1. The Morgan fingerprint density at radius 1 is 1.13 bits per heavy atom. The van der Waals surface area contributed by atoms with Gasteiger partial charge in [-0.05, 0) is 30.7 Å². The molecule has 0 atom stereocenters. The summed E-state index contributed by atoms with van der Waals surface area (Å²) in [7, 11) is 0. The Bertz CT molecular complexity index is 1220. The average Bonchev–Trinajstić information content (AvgIpc) is 3.47. The molecule has 2 aromatic heterocycles. The smallest absolute Gasteiger partial charge is 0.231 e. The van der Waals surface area contributed by atoms with Crippen LogP contribution in [0.4, 0.5) is 5.82 Å². The van der Waals surface area contributed by atoms with Crippen molar-refractivity contribution in [3.8, 4) is 27.9 Å². The fraction of sp³-hybridized carbons (Fsp3) is 0.136. The van der Waals surface area contributed by atoms with Gasteiger partial charge in [-0.15, -0.1) is 11.3 Å². The molecule has 4 aromatic rings. The van der Waals surface area contributed by atoms with Crippen molar-refractivity contribution in [3.63, 3.8) is 0 Å². The van der Waals surface area contributed by atoms with Gasteiger partial charge in [0.15, 0.2) is 11.5 Å². The van der Waals surface area contributed by atoms with Crippen LogP contribution >= 0.6 is 11.3 Å². The number of aromatic nitrogens is 3. The van der Waals surface area contributed by atoms with Gasteiger partial charge in [-0.3, -0.25) is 4.79 Å². The zero-order valence-corrected chi connectivity index (χ0v) is 17.0.